The lowest BCUT2D eigenvalue weighted by atomic mass is 10.3. The SMILES string of the molecule is O=P(Oc1ccccc1)(Oc1ccc(F)cc1F)Oc1ccc(F)cc1F. The molecular formula is C18H11F4O4P. The Morgan fingerprint density at radius 2 is 1.11 bits per heavy atom. The number of benzene rings is 3. The second kappa shape index (κ2) is 7.72. The molecular weight excluding hydrogens is 387 g/mol. The molecule has 0 aromatic heterocycles. The summed E-state index contributed by atoms with van der Waals surface area (Å²) < 4.78 is 82.0. The molecule has 3 aromatic rings. The van der Waals surface area contributed by atoms with Gasteiger partial charge in [-0.1, -0.05) is 18.2 Å². The summed E-state index contributed by atoms with van der Waals surface area (Å²) in [5.74, 6) is -5.37. The summed E-state index contributed by atoms with van der Waals surface area (Å²) in [6.45, 7) is 0. The maximum atomic E-state index is 13.9. The van der Waals surface area contributed by atoms with Gasteiger partial charge in [-0.15, -0.1) is 0 Å². The summed E-state index contributed by atoms with van der Waals surface area (Å²) in [5, 5.41) is 0. The third kappa shape index (κ3) is 4.80. The minimum atomic E-state index is -4.69. The molecule has 0 N–H and O–H groups in total. The van der Waals surface area contributed by atoms with Gasteiger partial charge in [0.05, 0.1) is 0 Å². The van der Waals surface area contributed by atoms with Gasteiger partial charge in [0.2, 0.25) is 0 Å². The quantitative estimate of drug-likeness (QED) is 0.384. The van der Waals surface area contributed by atoms with E-state index in [0.717, 1.165) is 24.3 Å². The molecule has 0 fully saturated rings. The van der Waals surface area contributed by atoms with E-state index in [1.807, 2.05) is 0 Å². The molecule has 9 heteroatoms. The summed E-state index contributed by atoms with van der Waals surface area (Å²) in [7, 11) is -4.69. The summed E-state index contributed by atoms with van der Waals surface area (Å²) in [5.41, 5.74) is 0. The minimum absolute atomic E-state index is 0.0193. The van der Waals surface area contributed by atoms with Crippen LogP contribution in [0.15, 0.2) is 66.7 Å². The second-order valence-electron chi connectivity index (χ2n) is 5.18. The highest BCUT2D eigenvalue weighted by Crippen LogP contribution is 2.50. The van der Waals surface area contributed by atoms with Crippen LogP contribution >= 0.6 is 7.82 Å². The van der Waals surface area contributed by atoms with Crippen molar-refractivity contribution in [2.75, 3.05) is 0 Å². The number of rotatable bonds is 6. The Kier molecular flexibility index (Phi) is 5.37. The van der Waals surface area contributed by atoms with Crippen molar-refractivity contribution >= 4 is 7.82 Å². The molecule has 0 unspecified atom stereocenters. The number of phosphoric acid groups is 1. The lowest BCUT2D eigenvalue weighted by Crippen LogP contribution is -2.09. The lowest BCUT2D eigenvalue weighted by Gasteiger charge is -2.20. The van der Waals surface area contributed by atoms with Gasteiger partial charge in [-0.3, -0.25) is 0 Å². The fourth-order valence-corrected chi connectivity index (χ4v) is 3.28. The Morgan fingerprint density at radius 1 is 0.630 bits per heavy atom. The molecule has 3 rings (SSSR count). The van der Waals surface area contributed by atoms with Gasteiger partial charge < -0.3 is 13.6 Å². The third-order valence-corrected chi connectivity index (χ3v) is 4.44. The first-order chi connectivity index (χ1) is 12.8. The average molecular weight is 398 g/mol. The molecule has 0 amide bonds. The Bertz CT molecular complexity index is 940. The molecule has 0 saturated carbocycles. The van der Waals surface area contributed by atoms with Crippen LogP contribution in [0.2, 0.25) is 0 Å². The number of hydrogen-bond acceptors (Lipinski definition) is 4. The van der Waals surface area contributed by atoms with Crippen molar-refractivity contribution in [2.24, 2.45) is 0 Å². The highest BCUT2D eigenvalue weighted by Gasteiger charge is 2.35. The van der Waals surface area contributed by atoms with Gasteiger partial charge in [0.1, 0.15) is 17.4 Å². The fourth-order valence-electron chi connectivity index (χ4n) is 2.01. The van der Waals surface area contributed by atoms with Crippen LogP contribution in [0.4, 0.5) is 17.6 Å². The largest absolute Gasteiger partial charge is 0.647 e. The Hall–Kier alpha value is -2.99. The van der Waals surface area contributed by atoms with Crippen molar-refractivity contribution in [3.8, 4) is 17.2 Å². The number of para-hydroxylation sites is 1. The van der Waals surface area contributed by atoms with E-state index in [4.69, 9.17) is 13.6 Å². The average Bonchev–Trinajstić information content (AvgIpc) is 2.61. The number of halogens is 4. The van der Waals surface area contributed by atoms with E-state index in [9.17, 15) is 22.1 Å². The van der Waals surface area contributed by atoms with E-state index in [-0.39, 0.29) is 5.75 Å². The first kappa shape index (κ1) is 18.8. The lowest BCUT2D eigenvalue weighted by molar-refractivity contribution is 0.287. The van der Waals surface area contributed by atoms with Crippen LogP contribution in [0.25, 0.3) is 0 Å². The predicted octanol–water partition coefficient (Wildman–Crippen LogP) is 5.89. The Morgan fingerprint density at radius 3 is 1.56 bits per heavy atom. The van der Waals surface area contributed by atoms with Crippen LogP contribution < -0.4 is 13.6 Å². The van der Waals surface area contributed by atoms with Crippen LogP contribution in [-0.4, -0.2) is 0 Å². The fraction of sp³-hybridized carbons (Fsp3) is 0. The molecule has 0 radical (unpaired) electrons. The molecule has 3 aromatic carbocycles. The maximum absolute atomic E-state index is 13.9. The minimum Gasteiger partial charge on any atom is -0.386 e. The monoisotopic (exact) mass is 398 g/mol. The molecule has 0 aliphatic rings. The maximum Gasteiger partial charge on any atom is 0.647 e. The molecule has 0 heterocycles. The van der Waals surface area contributed by atoms with Crippen LogP contribution in [-0.2, 0) is 4.57 Å². The summed E-state index contributed by atoms with van der Waals surface area (Å²) in [4.78, 5) is 0. The Labute approximate surface area is 151 Å². The van der Waals surface area contributed by atoms with Crippen molar-refractivity contribution in [1.82, 2.24) is 0 Å². The van der Waals surface area contributed by atoms with Crippen LogP contribution in [0, 0.1) is 23.3 Å². The summed E-state index contributed by atoms with van der Waals surface area (Å²) in [6, 6.07) is 12.0. The van der Waals surface area contributed by atoms with Crippen molar-refractivity contribution in [2.45, 2.75) is 0 Å². The van der Waals surface area contributed by atoms with Crippen LogP contribution in [0.1, 0.15) is 0 Å². The van der Waals surface area contributed by atoms with Crippen molar-refractivity contribution in [1.29, 1.82) is 0 Å². The van der Waals surface area contributed by atoms with Crippen LogP contribution in [0.5, 0.6) is 17.2 Å². The highest BCUT2D eigenvalue weighted by molar-refractivity contribution is 7.49. The van der Waals surface area contributed by atoms with Gasteiger partial charge in [0.15, 0.2) is 23.1 Å². The van der Waals surface area contributed by atoms with E-state index in [1.165, 1.54) is 12.1 Å². The standard InChI is InChI=1S/C18H11F4O4P/c19-12-6-8-17(15(21)10-12)25-27(23,24-14-4-2-1-3-5-14)26-18-9-7-13(20)11-16(18)22/h1-11H. The zero-order chi connectivity index (χ0) is 19.4. The molecule has 0 atom stereocenters. The topological polar surface area (TPSA) is 44.8 Å². The zero-order valence-corrected chi connectivity index (χ0v) is 14.3. The molecule has 0 aliphatic carbocycles. The van der Waals surface area contributed by atoms with E-state index >= 15 is 0 Å². The normalized spacial score (nSPS) is 11.1. The molecule has 0 spiro atoms. The predicted molar refractivity (Wildman–Crippen MR) is 88.6 cm³/mol. The van der Waals surface area contributed by atoms with Gasteiger partial charge in [-0.25, -0.2) is 17.6 Å². The van der Waals surface area contributed by atoms with Crippen LogP contribution in [0.3, 0.4) is 0 Å². The van der Waals surface area contributed by atoms with Gasteiger partial charge in [0, 0.05) is 12.1 Å². The first-order valence-electron chi connectivity index (χ1n) is 7.49. The Balaban J connectivity index is 1.96. The molecule has 4 nitrogen and oxygen atoms in total. The third-order valence-electron chi connectivity index (χ3n) is 3.17. The smallest absolute Gasteiger partial charge is 0.386 e. The summed E-state index contributed by atoms with van der Waals surface area (Å²) >= 11 is 0. The first-order valence-corrected chi connectivity index (χ1v) is 8.95. The zero-order valence-electron chi connectivity index (χ0n) is 13.4. The molecule has 0 aliphatic heterocycles. The second-order valence-corrected chi connectivity index (χ2v) is 6.63. The van der Waals surface area contributed by atoms with Gasteiger partial charge >= 0.3 is 7.82 Å². The molecule has 0 saturated heterocycles. The molecule has 27 heavy (non-hydrogen) atoms. The molecule has 0 bridgehead atoms. The van der Waals surface area contributed by atoms with E-state index in [0.29, 0.717) is 12.1 Å². The van der Waals surface area contributed by atoms with E-state index in [2.05, 4.69) is 0 Å². The highest BCUT2D eigenvalue weighted by atomic mass is 31.2. The van der Waals surface area contributed by atoms with E-state index in [1.54, 1.807) is 18.2 Å². The number of phosphoric ester groups is 1. The van der Waals surface area contributed by atoms with E-state index < -0.39 is 42.6 Å². The summed E-state index contributed by atoms with van der Waals surface area (Å²) in [6.07, 6.45) is 0. The van der Waals surface area contributed by atoms with Gasteiger partial charge in [0.25, 0.3) is 0 Å². The number of hydrogen-bond donors (Lipinski definition) is 0. The van der Waals surface area contributed by atoms with Gasteiger partial charge in [-0.2, -0.15) is 4.57 Å². The van der Waals surface area contributed by atoms with Gasteiger partial charge in [-0.05, 0) is 36.4 Å². The van der Waals surface area contributed by atoms with Crippen molar-refractivity contribution < 1.29 is 35.7 Å². The van der Waals surface area contributed by atoms with Crippen molar-refractivity contribution in [3.63, 3.8) is 0 Å². The molecule has 140 valence electrons. The van der Waals surface area contributed by atoms with Crippen molar-refractivity contribution in [3.05, 3.63) is 90.0 Å².